The monoisotopic (exact) mass is 437 g/mol. The lowest BCUT2D eigenvalue weighted by atomic mass is 10.1. The molecular weight excluding hydrogens is 422 g/mol. The summed E-state index contributed by atoms with van der Waals surface area (Å²) in [5, 5.41) is 14.1. The van der Waals surface area contributed by atoms with E-state index < -0.39 is 5.56 Å². The van der Waals surface area contributed by atoms with E-state index in [0.29, 0.717) is 23.6 Å². The average Bonchev–Trinajstić information content (AvgIpc) is 2.73. The number of anilines is 1. The second-order valence-electron chi connectivity index (χ2n) is 5.56. The number of rotatable bonds is 7. The Bertz CT molecular complexity index is 1070. The number of nitrogens with zero attached hydrogens (tertiary/aromatic N) is 3. The number of ether oxygens (including phenoxy) is 1. The molecule has 2 aromatic carbocycles. The molecule has 0 aliphatic carbocycles. The number of alkyl halides is 1. The van der Waals surface area contributed by atoms with Gasteiger partial charge in [0.1, 0.15) is 17.4 Å². The van der Waals surface area contributed by atoms with E-state index in [1.165, 1.54) is 0 Å². The zero-order valence-corrected chi connectivity index (χ0v) is 16.3. The normalized spacial score (nSPS) is 10.6. The van der Waals surface area contributed by atoms with Crippen molar-refractivity contribution in [3.63, 3.8) is 0 Å². The van der Waals surface area contributed by atoms with Gasteiger partial charge in [-0.05, 0) is 12.1 Å². The molecule has 0 fully saturated rings. The van der Waals surface area contributed by atoms with E-state index >= 15 is 0 Å². The van der Waals surface area contributed by atoms with Crippen molar-refractivity contribution >= 4 is 28.1 Å². The van der Waals surface area contributed by atoms with Crippen molar-refractivity contribution < 1.29 is 4.74 Å². The minimum Gasteiger partial charge on any atom is -0.492 e. The van der Waals surface area contributed by atoms with E-state index in [9.17, 15) is 10.1 Å². The highest BCUT2D eigenvalue weighted by molar-refractivity contribution is 9.09. The fraction of sp³-hybridized carbons (Fsp3) is 0.100. The van der Waals surface area contributed by atoms with Crippen LogP contribution in [-0.4, -0.2) is 28.1 Å². The van der Waals surface area contributed by atoms with Gasteiger partial charge in [-0.15, -0.1) is 0 Å². The fourth-order valence-electron chi connectivity index (χ4n) is 2.46. The molecule has 1 heterocycles. The van der Waals surface area contributed by atoms with E-state index in [2.05, 4.69) is 36.4 Å². The highest BCUT2D eigenvalue weighted by Crippen LogP contribution is 2.19. The lowest BCUT2D eigenvalue weighted by Gasteiger charge is -2.07. The molecule has 0 spiro atoms. The predicted molar refractivity (Wildman–Crippen MR) is 112 cm³/mol. The van der Waals surface area contributed by atoms with Crippen molar-refractivity contribution in [2.45, 2.75) is 0 Å². The average molecular weight is 438 g/mol. The van der Waals surface area contributed by atoms with Gasteiger partial charge in [-0.1, -0.05) is 58.4 Å². The van der Waals surface area contributed by atoms with Crippen molar-refractivity contribution in [2.24, 2.45) is 5.10 Å². The number of aromatic amines is 1. The van der Waals surface area contributed by atoms with Crippen LogP contribution in [0, 0.1) is 11.3 Å². The summed E-state index contributed by atoms with van der Waals surface area (Å²) in [6.45, 7) is 0.531. The summed E-state index contributed by atoms with van der Waals surface area (Å²) in [6.07, 6.45) is 1.57. The maximum Gasteiger partial charge on any atom is 0.270 e. The summed E-state index contributed by atoms with van der Waals surface area (Å²) >= 11 is 3.32. The van der Waals surface area contributed by atoms with E-state index in [4.69, 9.17) is 4.74 Å². The van der Waals surface area contributed by atoms with Crippen LogP contribution in [0.5, 0.6) is 5.75 Å². The zero-order valence-electron chi connectivity index (χ0n) is 14.7. The molecule has 140 valence electrons. The Morgan fingerprint density at radius 2 is 1.96 bits per heavy atom. The van der Waals surface area contributed by atoms with Crippen LogP contribution < -0.4 is 15.7 Å². The quantitative estimate of drug-likeness (QED) is 0.334. The number of nitriles is 1. The lowest BCUT2D eigenvalue weighted by Crippen LogP contribution is -2.16. The molecule has 0 bridgehead atoms. The maximum absolute atomic E-state index is 12.2. The third-order valence-corrected chi connectivity index (χ3v) is 4.03. The molecule has 0 radical (unpaired) electrons. The summed E-state index contributed by atoms with van der Waals surface area (Å²) in [6, 6.07) is 18.4. The molecule has 0 saturated heterocycles. The Morgan fingerprint density at radius 1 is 1.21 bits per heavy atom. The molecule has 28 heavy (non-hydrogen) atoms. The highest BCUT2D eigenvalue weighted by Gasteiger charge is 2.12. The van der Waals surface area contributed by atoms with Gasteiger partial charge in [-0.25, -0.2) is 10.4 Å². The predicted octanol–water partition coefficient (Wildman–Crippen LogP) is 3.53. The van der Waals surface area contributed by atoms with Crippen LogP contribution >= 0.6 is 15.9 Å². The first-order valence-electron chi connectivity index (χ1n) is 8.39. The van der Waals surface area contributed by atoms with E-state index in [1.807, 2.05) is 48.5 Å². The van der Waals surface area contributed by atoms with Crippen molar-refractivity contribution in [3.05, 3.63) is 76.1 Å². The summed E-state index contributed by atoms with van der Waals surface area (Å²) in [5.41, 5.74) is 3.87. The molecule has 1 aromatic heterocycles. The van der Waals surface area contributed by atoms with Gasteiger partial charge in [-0.2, -0.15) is 10.4 Å². The van der Waals surface area contributed by atoms with Crippen LogP contribution in [0.4, 0.5) is 5.95 Å². The summed E-state index contributed by atoms with van der Waals surface area (Å²) < 4.78 is 5.64. The molecular formula is C20H16BrN5O2. The lowest BCUT2D eigenvalue weighted by molar-refractivity contribution is 0.344. The number of hydrogen-bond acceptors (Lipinski definition) is 6. The number of halogens is 1. The number of hydrazone groups is 1. The maximum atomic E-state index is 12.2. The second kappa shape index (κ2) is 9.48. The molecule has 3 rings (SSSR count). The van der Waals surface area contributed by atoms with Gasteiger partial charge in [0.15, 0.2) is 0 Å². The van der Waals surface area contributed by atoms with Gasteiger partial charge in [-0.3, -0.25) is 9.78 Å². The van der Waals surface area contributed by atoms with Gasteiger partial charge in [0, 0.05) is 16.5 Å². The van der Waals surface area contributed by atoms with Gasteiger partial charge in [0.05, 0.1) is 18.5 Å². The molecule has 3 aromatic rings. The first-order valence-corrected chi connectivity index (χ1v) is 9.51. The molecule has 8 heteroatoms. The number of aromatic nitrogens is 2. The Hall–Kier alpha value is -3.44. The minimum atomic E-state index is -0.532. The molecule has 0 aliphatic rings. The van der Waals surface area contributed by atoms with Gasteiger partial charge in [0.2, 0.25) is 5.95 Å². The van der Waals surface area contributed by atoms with Crippen LogP contribution in [0.3, 0.4) is 0 Å². The Labute approximate surface area is 169 Å². The Kier molecular flexibility index (Phi) is 6.54. The molecule has 2 N–H and O–H groups in total. The number of para-hydroxylation sites is 1. The fourth-order valence-corrected chi connectivity index (χ4v) is 2.63. The molecule has 7 nitrogen and oxygen atoms in total. The largest absolute Gasteiger partial charge is 0.492 e. The highest BCUT2D eigenvalue weighted by atomic mass is 79.9. The van der Waals surface area contributed by atoms with Crippen molar-refractivity contribution in [1.29, 1.82) is 5.26 Å². The van der Waals surface area contributed by atoms with Crippen LogP contribution in [0.25, 0.3) is 11.3 Å². The Balaban J connectivity index is 1.86. The Morgan fingerprint density at radius 3 is 2.71 bits per heavy atom. The SMILES string of the molecule is N#Cc1c(-c2ccccc2)nc(NN=Cc2ccccc2OCCBr)[nH]c1=O. The van der Waals surface area contributed by atoms with Gasteiger partial charge in [0.25, 0.3) is 5.56 Å². The van der Waals surface area contributed by atoms with Crippen LogP contribution in [0.1, 0.15) is 11.1 Å². The van der Waals surface area contributed by atoms with E-state index in [0.717, 1.165) is 10.9 Å². The second-order valence-corrected chi connectivity index (χ2v) is 6.35. The summed E-state index contributed by atoms with van der Waals surface area (Å²) in [5.74, 6) is 0.830. The van der Waals surface area contributed by atoms with Crippen LogP contribution in [-0.2, 0) is 0 Å². The standard InChI is InChI=1S/C20H16BrN5O2/c21-10-11-28-17-9-5-4-8-15(17)13-23-26-20-24-18(14-6-2-1-3-7-14)16(12-22)19(27)25-20/h1-9,13H,10-11H2,(H2,24,25,26,27). The minimum absolute atomic E-state index is 0.0470. The third-order valence-electron chi connectivity index (χ3n) is 3.71. The van der Waals surface area contributed by atoms with Gasteiger partial charge < -0.3 is 4.74 Å². The van der Waals surface area contributed by atoms with Crippen molar-refractivity contribution in [1.82, 2.24) is 9.97 Å². The van der Waals surface area contributed by atoms with Crippen LogP contribution in [0.15, 0.2) is 64.5 Å². The van der Waals surface area contributed by atoms with E-state index in [1.54, 1.807) is 18.3 Å². The summed E-state index contributed by atoms with van der Waals surface area (Å²) in [7, 11) is 0. The van der Waals surface area contributed by atoms with E-state index in [-0.39, 0.29) is 11.5 Å². The third kappa shape index (κ3) is 4.64. The van der Waals surface area contributed by atoms with Crippen LogP contribution in [0.2, 0.25) is 0 Å². The summed E-state index contributed by atoms with van der Waals surface area (Å²) in [4.78, 5) is 19.1. The van der Waals surface area contributed by atoms with Crippen molar-refractivity contribution in [3.8, 4) is 23.1 Å². The van der Waals surface area contributed by atoms with Crippen molar-refractivity contribution in [2.75, 3.05) is 17.4 Å². The number of nitrogens with one attached hydrogen (secondary N) is 2. The van der Waals surface area contributed by atoms with Gasteiger partial charge >= 0.3 is 0 Å². The molecule has 0 aliphatic heterocycles. The zero-order chi connectivity index (χ0) is 19.8. The topological polar surface area (TPSA) is 103 Å². The molecule has 0 unspecified atom stereocenters. The first-order chi connectivity index (χ1) is 13.7. The number of H-pyrrole nitrogens is 1. The first kappa shape index (κ1) is 19.3. The number of hydrogen-bond donors (Lipinski definition) is 2. The molecule has 0 amide bonds. The molecule has 0 atom stereocenters. The molecule has 0 saturated carbocycles. The smallest absolute Gasteiger partial charge is 0.270 e. The number of benzene rings is 2.